The molecule has 3 heterocycles. The van der Waals surface area contributed by atoms with E-state index in [4.69, 9.17) is 4.98 Å². The number of anilines is 2. The number of sulfone groups is 1. The van der Waals surface area contributed by atoms with E-state index in [1.165, 1.54) is 4.52 Å². The number of piperazine rings is 1. The quantitative estimate of drug-likeness (QED) is 0.305. The van der Waals surface area contributed by atoms with Gasteiger partial charge in [-0.15, -0.1) is 5.10 Å². The Bertz CT molecular complexity index is 1840. The average molecular weight is 541 g/mol. The summed E-state index contributed by atoms with van der Waals surface area (Å²) >= 11 is 0. The average Bonchev–Trinajstić information content (AvgIpc) is 3.39. The summed E-state index contributed by atoms with van der Waals surface area (Å²) in [5.41, 5.74) is 4.62. The van der Waals surface area contributed by atoms with Crippen molar-refractivity contribution in [3.63, 3.8) is 0 Å². The lowest BCUT2D eigenvalue weighted by molar-refractivity contribution is 0.101. The third-order valence-corrected chi connectivity index (χ3v) is 9.11. The van der Waals surface area contributed by atoms with E-state index >= 15 is 0 Å². The van der Waals surface area contributed by atoms with Crippen LogP contribution in [0, 0.1) is 13.8 Å². The molecule has 1 fully saturated rings. The predicted octanol–water partition coefficient (Wildman–Crippen LogP) is 4.26. The fourth-order valence-electron chi connectivity index (χ4n) is 5.02. The van der Waals surface area contributed by atoms with Gasteiger partial charge in [0, 0.05) is 42.8 Å². The Morgan fingerprint density at radius 3 is 2.23 bits per heavy atom. The minimum atomic E-state index is -3.94. The number of fused-ring (bicyclic) bond motifs is 3. The maximum Gasteiger partial charge on any atom is 0.229 e. The zero-order valence-electron chi connectivity index (χ0n) is 22.0. The van der Waals surface area contributed by atoms with E-state index in [-0.39, 0.29) is 21.4 Å². The Morgan fingerprint density at radius 1 is 0.846 bits per heavy atom. The van der Waals surface area contributed by atoms with Gasteiger partial charge in [-0.25, -0.2) is 13.4 Å². The zero-order valence-corrected chi connectivity index (χ0v) is 22.8. The van der Waals surface area contributed by atoms with Gasteiger partial charge in [0.05, 0.1) is 10.4 Å². The van der Waals surface area contributed by atoms with Crippen molar-refractivity contribution in [1.82, 2.24) is 19.8 Å². The molecule has 1 aliphatic heterocycles. The lowest BCUT2D eigenvalue weighted by atomic mass is 10.1. The van der Waals surface area contributed by atoms with Crippen LogP contribution >= 0.6 is 0 Å². The molecule has 0 N–H and O–H groups in total. The maximum atomic E-state index is 13.7. The number of para-hydroxylation sites is 1. The molecule has 10 heteroatoms. The molecule has 0 amide bonds. The van der Waals surface area contributed by atoms with E-state index in [9.17, 15) is 13.2 Å². The molecule has 1 saturated heterocycles. The first-order valence-electron chi connectivity index (χ1n) is 12.8. The van der Waals surface area contributed by atoms with Crippen LogP contribution in [0.15, 0.2) is 76.7 Å². The summed E-state index contributed by atoms with van der Waals surface area (Å²) in [6.07, 6.45) is 0. The van der Waals surface area contributed by atoms with E-state index in [0.717, 1.165) is 40.8 Å². The van der Waals surface area contributed by atoms with Gasteiger partial charge in [-0.2, -0.15) is 4.52 Å². The summed E-state index contributed by atoms with van der Waals surface area (Å²) in [4.78, 5) is 21.1. The zero-order chi connectivity index (χ0) is 27.3. The topological polar surface area (TPSA) is 101 Å². The molecule has 0 saturated carbocycles. The fraction of sp³-hybridized carbons (Fsp3) is 0.241. The third-order valence-electron chi connectivity index (χ3n) is 7.46. The molecule has 9 nitrogen and oxygen atoms in total. The molecule has 0 bridgehead atoms. The monoisotopic (exact) mass is 540 g/mol. The Labute approximate surface area is 226 Å². The van der Waals surface area contributed by atoms with Crippen LogP contribution < -0.4 is 9.80 Å². The summed E-state index contributed by atoms with van der Waals surface area (Å²) in [6, 6.07) is 20.5. The number of carbonyl (C=O) groups excluding carboxylic acids is 1. The molecule has 0 spiro atoms. The first kappa shape index (κ1) is 25.0. The molecule has 6 rings (SSSR count). The largest absolute Gasteiger partial charge is 0.368 e. The normalized spacial score (nSPS) is 14.3. The van der Waals surface area contributed by atoms with Crippen LogP contribution in [-0.2, 0) is 9.84 Å². The first-order valence-corrected chi connectivity index (χ1v) is 14.3. The van der Waals surface area contributed by atoms with Crippen LogP contribution in [0.25, 0.3) is 16.6 Å². The van der Waals surface area contributed by atoms with Gasteiger partial charge in [0.25, 0.3) is 0 Å². The van der Waals surface area contributed by atoms with Crippen LogP contribution in [0.2, 0.25) is 0 Å². The lowest BCUT2D eigenvalue weighted by Crippen LogP contribution is -2.47. The highest BCUT2D eigenvalue weighted by atomic mass is 32.2. The van der Waals surface area contributed by atoms with Crippen molar-refractivity contribution in [2.45, 2.75) is 30.7 Å². The highest BCUT2D eigenvalue weighted by Gasteiger charge is 2.29. The SMILES string of the molecule is CC(=O)c1ccc(N2CCN(c3nc4c(S(=O)(=O)c5ccc(C)c(C)c5)nnn4c4ccccc34)CC2)cc1. The molecule has 1 aliphatic rings. The molecule has 0 aliphatic carbocycles. The van der Waals surface area contributed by atoms with Gasteiger partial charge < -0.3 is 9.80 Å². The maximum absolute atomic E-state index is 13.7. The van der Waals surface area contributed by atoms with Gasteiger partial charge in [-0.05, 0) is 80.4 Å². The summed E-state index contributed by atoms with van der Waals surface area (Å²) in [7, 11) is -3.94. The molecule has 198 valence electrons. The number of benzene rings is 3. The summed E-state index contributed by atoms with van der Waals surface area (Å²) in [5, 5.41) is 9.05. The van der Waals surface area contributed by atoms with Crippen molar-refractivity contribution in [2.24, 2.45) is 0 Å². The van der Waals surface area contributed by atoms with Gasteiger partial charge >= 0.3 is 0 Å². The van der Waals surface area contributed by atoms with Crippen molar-refractivity contribution < 1.29 is 13.2 Å². The third kappa shape index (κ3) is 4.30. The molecular formula is C29H28N6O3S. The number of hydrogen-bond donors (Lipinski definition) is 0. The number of carbonyl (C=O) groups is 1. The number of aryl methyl sites for hydroxylation is 2. The van der Waals surface area contributed by atoms with Gasteiger partial charge in [0.2, 0.25) is 14.9 Å². The minimum Gasteiger partial charge on any atom is -0.368 e. The standard InChI is InChI=1S/C29H28N6O3S/c1-19-8-13-24(18-20(19)2)39(37,38)29-28-30-27(25-6-4-5-7-26(25)35(28)32-31-29)34-16-14-33(15-17-34)23-11-9-22(10-12-23)21(3)36/h4-13,18H,14-17H2,1-3H3. The Morgan fingerprint density at radius 2 is 1.54 bits per heavy atom. The highest BCUT2D eigenvalue weighted by molar-refractivity contribution is 7.91. The number of aromatic nitrogens is 4. The van der Waals surface area contributed by atoms with Crippen LogP contribution in [0.4, 0.5) is 11.5 Å². The Kier molecular flexibility index (Phi) is 6.06. The van der Waals surface area contributed by atoms with E-state index in [1.54, 1.807) is 25.1 Å². The van der Waals surface area contributed by atoms with E-state index in [1.807, 2.05) is 62.4 Å². The van der Waals surface area contributed by atoms with Crippen molar-refractivity contribution in [3.05, 3.63) is 83.4 Å². The fourth-order valence-corrected chi connectivity index (χ4v) is 6.34. The van der Waals surface area contributed by atoms with Gasteiger partial charge in [-0.1, -0.05) is 23.4 Å². The molecule has 2 aromatic heterocycles. The number of nitrogens with zero attached hydrogens (tertiary/aromatic N) is 6. The summed E-state index contributed by atoms with van der Waals surface area (Å²) in [5.74, 6) is 0.761. The Balaban J connectivity index is 1.38. The van der Waals surface area contributed by atoms with E-state index < -0.39 is 9.84 Å². The molecular weight excluding hydrogens is 512 g/mol. The second-order valence-electron chi connectivity index (χ2n) is 9.91. The summed E-state index contributed by atoms with van der Waals surface area (Å²) < 4.78 is 28.8. The van der Waals surface area contributed by atoms with E-state index in [0.29, 0.717) is 24.5 Å². The number of rotatable bonds is 5. The van der Waals surface area contributed by atoms with Crippen molar-refractivity contribution in [3.8, 4) is 0 Å². The Hall–Kier alpha value is -4.31. The molecule has 0 radical (unpaired) electrons. The van der Waals surface area contributed by atoms with E-state index in [2.05, 4.69) is 20.1 Å². The van der Waals surface area contributed by atoms with Gasteiger partial charge in [-0.3, -0.25) is 4.79 Å². The minimum absolute atomic E-state index is 0.0490. The van der Waals surface area contributed by atoms with Crippen LogP contribution in [0.1, 0.15) is 28.4 Å². The molecule has 0 atom stereocenters. The van der Waals surface area contributed by atoms with Gasteiger partial charge in [0.1, 0.15) is 5.82 Å². The van der Waals surface area contributed by atoms with Crippen LogP contribution in [0.3, 0.4) is 0 Å². The number of hydrogen-bond acceptors (Lipinski definition) is 8. The van der Waals surface area contributed by atoms with Crippen LogP contribution in [-0.4, -0.2) is 60.2 Å². The second-order valence-corrected chi connectivity index (χ2v) is 11.8. The highest BCUT2D eigenvalue weighted by Crippen LogP contribution is 2.31. The smallest absolute Gasteiger partial charge is 0.229 e. The second kappa shape index (κ2) is 9.46. The first-order chi connectivity index (χ1) is 18.7. The molecule has 39 heavy (non-hydrogen) atoms. The van der Waals surface area contributed by atoms with Crippen LogP contribution in [0.5, 0.6) is 0 Å². The van der Waals surface area contributed by atoms with Crippen molar-refractivity contribution in [2.75, 3.05) is 36.0 Å². The number of ketones is 1. The molecule has 3 aromatic carbocycles. The van der Waals surface area contributed by atoms with Crippen molar-refractivity contribution in [1.29, 1.82) is 0 Å². The van der Waals surface area contributed by atoms with Crippen molar-refractivity contribution >= 4 is 43.7 Å². The summed E-state index contributed by atoms with van der Waals surface area (Å²) in [6.45, 7) is 8.30. The molecule has 5 aromatic rings. The lowest BCUT2D eigenvalue weighted by Gasteiger charge is -2.37. The number of Topliss-reactive ketones (excluding diaryl/α,β-unsaturated/α-hetero) is 1. The predicted molar refractivity (Wildman–Crippen MR) is 151 cm³/mol. The van der Waals surface area contributed by atoms with Gasteiger partial charge in [0.15, 0.2) is 11.4 Å². The molecule has 0 unspecified atom stereocenters.